The minimum atomic E-state index is 0.916. The predicted octanol–water partition coefficient (Wildman–Crippen LogP) is 2.80. The highest BCUT2D eigenvalue weighted by Crippen LogP contribution is 2.15. The van der Waals surface area contributed by atoms with Crippen molar-refractivity contribution in [3.05, 3.63) is 29.8 Å². The lowest BCUT2D eigenvalue weighted by molar-refractivity contribution is 0.414. The molecule has 0 saturated heterocycles. The lowest BCUT2D eigenvalue weighted by Crippen LogP contribution is -2.08. The van der Waals surface area contributed by atoms with Gasteiger partial charge in [-0.1, -0.05) is 31.0 Å². The van der Waals surface area contributed by atoms with Gasteiger partial charge in [-0.3, -0.25) is 0 Å². The van der Waals surface area contributed by atoms with Gasteiger partial charge in [0.2, 0.25) is 0 Å². The van der Waals surface area contributed by atoms with Gasteiger partial charge in [-0.2, -0.15) is 0 Å². The van der Waals surface area contributed by atoms with Crippen LogP contribution in [0.15, 0.2) is 24.3 Å². The lowest BCUT2D eigenvalue weighted by atomic mass is 10.2. The van der Waals surface area contributed by atoms with Crippen LogP contribution in [0.25, 0.3) is 0 Å². The Morgan fingerprint density at radius 1 is 1.29 bits per heavy atom. The zero-order valence-corrected chi connectivity index (χ0v) is 9.80. The first-order chi connectivity index (χ1) is 6.76. The maximum Gasteiger partial charge on any atom is 0.118 e. The molecule has 0 heterocycles. The quantitative estimate of drug-likeness (QED) is 0.695. The van der Waals surface area contributed by atoms with E-state index in [1.807, 2.05) is 24.1 Å². The Morgan fingerprint density at radius 2 is 1.93 bits per heavy atom. The molecular weight excluding hydrogens is 194 g/mol. The molecule has 3 heteroatoms. The van der Waals surface area contributed by atoms with Crippen molar-refractivity contribution < 1.29 is 4.74 Å². The maximum atomic E-state index is 5.10. The van der Waals surface area contributed by atoms with Gasteiger partial charge in [0.1, 0.15) is 5.75 Å². The normalized spacial score (nSPS) is 10.6. The van der Waals surface area contributed by atoms with Crippen molar-refractivity contribution >= 4 is 11.9 Å². The smallest absolute Gasteiger partial charge is 0.118 e. The summed E-state index contributed by atoms with van der Waals surface area (Å²) in [5.74, 6) is 2.03. The molecule has 0 atom stereocenters. The highest BCUT2D eigenvalue weighted by Gasteiger charge is 1.99. The molecule has 14 heavy (non-hydrogen) atoms. The Labute approximate surface area is 90.4 Å². The Kier molecular flexibility index (Phi) is 4.84. The van der Waals surface area contributed by atoms with E-state index in [4.69, 9.17) is 4.74 Å². The highest BCUT2D eigenvalue weighted by molar-refractivity contribution is 7.96. The first-order valence-corrected chi connectivity index (χ1v) is 5.67. The molecule has 0 aliphatic heterocycles. The van der Waals surface area contributed by atoms with Crippen molar-refractivity contribution in [2.24, 2.45) is 0 Å². The number of ether oxygens (including phenoxy) is 1. The number of rotatable bonds is 5. The minimum absolute atomic E-state index is 0.916. The molecule has 0 unspecified atom stereocenters. The maximum absolute atomic E-state index is 5.10. The van der Waals surface area contributed by atoms with Crippen LogP contribution in [0.3, 0.4) is 0 Å². The number of benzene rings is 1. The van der Waals surface area contributed by atoms with Crippen LogP contribution in [0.2, 0.25) is 0 Å². The summed E-state index contributed by atoms with van der Waals surface area (Å²) in [6.07, 6.45) is 0. The first kappa shape index (κ1) is 11.4. The average molecular weight is 211 g/mol. The van der Waals surface area contributed by atoms with Crippen molar-refractivity contribution in [1.82, 2.24) is 4.31 Å². The van der Waals surface area contributed by atoms with Crippen molar-refractivity contribution in [3.8, 4) is 5.75 Å². The number of hydrogen-bond acceptors (Lipinski definition) is 3. The largest absolute Gasteiger partial charge is 0.497 e. The summed E-state index contributed by atoms with van der Waals surface area (Å²) >= 11 is 1.84. The third-order valence-corrected chi connectivity index (χ3v) is 2.74. The fourth-order valence-electron chi connectivity index (χ4n) is 1.25. The van der Waals surface area contributed by atoms with E-state index in [0.29, 0.717) is 0 Å². The summed E-state index contributed by atoms with van der Waals surface area (Å²) < 4.78 is 7.34. The molecule has 0 amide bonds. The standard InChI is InChI=1S/C11H17NOS/c1-4-14-12(2)9-10-5-7-11(13-3)8-6-10/h5-8H,4,9H2,1-3H3. The molecule has 2 nitrogen and oxygen atoms in total. The van der Waals surface area contributed by atoms with Crippen LogP contribution in [0, 0.1) is 0 Å². The third-order valence-electron chi connectivity index (χ3n) is 1.91. The van der Waals surface area contributed by atoms with E-state index < -0.39 is 0 Å². The summed E-state index contributed by atoms with van der Waals surface area (Å²) in [4.78, 5) is 0. The van der Waals surface area contributed by atoms with Gasteiger partial charge in [0.05, 0.1) is 7.11 Å². The van der Waals surface area contributed by atoms with Crippen LogP contribution in [0.1, 0.15) is 12.5 Å². The Morgan fingerprint density at radius 3 is 2.43 bits per heavy atom. The monoisotopic (exact) mass is 211 g/mol. The summed E-state index contributed by atoms with van der Waals surface area (Å²) in [5.41, 5.74) is 1.31. The number of hydrogen-bond donors (Lipinski definition) is 0. The van der Waals surface area contributed by atoms with Gasteiger partial charge in [-0.15, -0.1) is 0 Å². The summed E-state index contributed by atoms with van der Waals surface area (Å²) in [5, 5.41) is 0. The molecule has 0 aliphatic carbocycles. The summed E-state index contributed by atoms with van der Waals surface area (Å²) in [6.45, 7) is 3.14. The van der Waals surface area contributed by atoms with E-state index >= 15 is 0 Å². The van der Waals surface area contributed by atoms with Crippen LogP contribution in [-0.2, 0) is 6.54 Å². The molecule has 78 valence electrons. The van der Waals surface area contributed by atoms with Gasteiger partial charge < -0.3 is 4.74 Å². The van der Waals surface area contributed by atoms with Crippen molar-refractivity contribution in [3.63, 3.8) is 0 Å². The van der Waals surface area contributed by atoms with Gasteiger partial charge >= 0.3 is 0 Å². The van der Waals surface area contributed by atoms with Crippen LogP contribution in [-0.4, -0.2) is 24.2 Å². The molecule has 0 N–H and O–H groups in total. The molecule has 1 aromatic carbocycles. The van der Waals surface area contributed by atoms with Crippen LogP contribution < -0.4 is 4.74 Å². The second kappa shape index (κ2) is 5.94. The van der Waals surface area contributed by atoms with Gasteiger partial charge in [-0.05, 0) is 24.7 Å². The van der Waals surface area contributed by atoms with Gasteiger partial charge in [0.25, 0.3) is 0 Å². The van der Waals surface area contributed by atoms with E-state index in [1.54, 1.807) is 7.11 Å². The van der Waals surface area contributed by atoms with Crippen molar-refractivity contribution in [1.29, 1.82) is 0 Å². The van der Waals surface area contributed by atoms with E-state index in [2.05, 4.69) is 30.4 Å². The van der Waals surface area contributed by atoms with E-state index in [9.17, 15) is 0 Å². The molecule has 0 saturated carbocycles. The predicted molar refractivity (Wildman–Crippen MR) is 62.6 cm³/mol. The van der Waals surface area contributed by atoms with Gasteiger partial charge in [0, 0.05) is 12.3 Å². The summed E-state index contributed by atoms with van der Waals surface area (Å²) in [6, 6.07) is 8.21. The fraction of sp³-hybridized carbons (Fsp3) is 0.455. The number of nitrogens with zero attached hydrogens (tertiary/aromatic N) is 1. The van der Waals surface area contributed by atoms with Crippen LogP contribution >= 0.6 is 11.9 Å². The first-order valence-electron chi connectivity index (χ1n) is 4.73. The molecule has 0 bridgehead atoms. The van der Waals surface area contributed by atoms with E-state index in [-0.39, 0.29) is 0 Å². The SMILES string of the molecule is CCSN(C)Cc1ccc(OC)cc1. The van der Waals surface area contributed by atoms with E-state index in [0.717, 1.165) is 18.0 Å². The van der Waals surface area contributed by atoms with Gasteiger partial charge in [0.15, 0.2) is 0 Å². The second-order valence-corrected chi connectivity index (χ2v) is 4.51. The Hall–Kier alpha value is -0.670. The summed E-state index contributed by atoms with van der Waals surface area (Å²) in [7, 11) is 3.80. The van der Waals surface area contributed by atoms with Crippen molar-refractivity contribution in [2.45, 2.75) is 13.5 Å². The van der Waals surface area contributed by atoms with Gasteiger partial charge in [-0.25, -0.2) is 4.31 Å². The molecule has 0 aromatic heterocycles. The van der Waals surface area contributed by atoms with Crippen LogP contribution in [0.4, 0.5) is 0 Å². The molecule has 0 aliphatic rings. The Bertz CT molecular complexity index is 260. The minimum Gasteiger partial charge on any atom is -0.497 e. The van der Waals surface area contributed by atoms with Crippen molar-refractivity contribution in [2.75, 3.05) is 19.9 Å². The molecule has 0 spiro atoms. The van der Waals surface area contributed by atoms with Crippen LogP contribution in [0.5, 0.6) is 5.75 Å². The average Bonchev–Trinajstić information content (AvgIpc) is 2.19. The highest BCUT2D eigenvalue weighted by atomic mass is 32.2. The third kappa shape index (κ3) is 3.60. The molecule has 1 rings (SSSR count). The van der Waals surface area contributed by atoms with E-state index in [1.165, 1.54) is 5.56 Å². The second-order valence-electron chi connectivity index (χ2n) is 3.05. The lowest BCUT2D eigenvalue weighted by Gasteiger charge is -2.14. The zero-order chi connectivity index (χ0) is 10.4. The Balaban J connectivity index is 2.50. The molecule has 0 radical (unpaired) electrons. The number of methoxy groups -OCH3 is 1. The fourth-order valence-corrected chi connectivity index (χ4v) is 1.94. The zero-order valence-electron chi connectivity index (χ0n) is 8.99. The molecule has 0 fully saturated rings. The molecule has 1 aromatic rings. The molecular formula is C11H17NOS. The topological polar surface area (TPSA) is 12.5 Å².